The van der Waals surface area contributed by atoms with Crippen LogP contribution in [0.2, 0.25) is 0 Å². The van der Waals surface area contributed by atoms with Gasteiger partial charge >= 0.3 is 5.97 Å². The minimum Gasteiger partial charge on any atom is -0.478 e. The van der Waals surface area contributed by atoms with Gasteiger partial charge in [-0.3, -0.25) is 4.57 Å². The number of fused-ring (bicyclic) bond motifs is 1. The Morgan fingerprint density at radius 3 is 2.67 bits per heavy atom. The van der Waals surface area contributed by atoms with Gasteiger partial charge in [0.1, 0.15) is 0 Å². The average Bonchev–Trinajstić information content (AvgIpc) is 3.57. The molecular formula is C24H20N6O3. The summed E-state index contributed by atoms with van der Waals surface area (Å²) in [6, 6.07) is 8.68. The maximum atomic E-state index is 12.0. The van der Waals surface area contributed by atoms with E-state index in [4.69, 9.17) is 13.0 Å². The van der Waals surface area contributed by atoms with Gasteiger partial charge < -0.3 is 9.84 Å². The van der Waals surface area contributed by atoms with Crippen molar-refractivity contribution in [1.29, 1.82) is 0 Å². The van der Waals surface area contributed by atoms with Crippen LogP contribution in [0.25, 0.3) is 33.5 Å². The van der Waals surface area contributed by atoms with Crippen LogP contribution in [0.5, 0.6) is 6.01 Å². The third-order valence-corrected chi connectivity index (χ3v) is 4.82. The lowest BCUT2D eigenvalue weighted by Gasteiger charge is -2.12. The van der Waals surface area contributed by atoms with Gasteiger partial charge in [-0.2, -0.15) is 10.2 Å². The van der Waals surface area contributed by atoms with Crippen LogP contribution < -0.4 is 4.74 Å². The second-order valence-electron chi connectivity index (χ2n) is 6.82. The molecule has 0 bridgehead atoms. The molecule has 164 valence electrons. The molecule has 0 saturated heterocycles. The molecular weight excluding hydrogens is 420 g/mol. The Balaban J connectivity index is 1.69. The number of rotatable bonds is 7. The molecule has 2 aromatic heterocycles. The van der Waals surface area contributed by atoms with Gasteiger partial charge in [0.05, 0.1) is 37.9 Å². The van der Waals surface area contributed by atoms with E-state index in [9.17, 15) is 9.90 Å². The summed E-state index contributed by atoms with van der Waals surface area (Å²) in [4.78, 5) is 16.3. The first kappa shape index (κ1) is 14.5. The molecule has 0 atom stereocenters. The van der Waals surface area contributed by atoms with E-state index in [0.29, 0.717) is 5.56 Å². The largest absolute Gasteiger partial charge is 0.478 e. The quantitative estimate of drug-likeness (QED) is 0.387. The summed E-state index contributed by atoms with van der Waals surface area (Å²) in [6.07, 6.45) is 0. The number of H-pyrrole nitrogens is 1. The number of tetrazole rings is 1. The Morgan fingerprint density at radius 2 is 1.97 bits per heavy atom. The van der Waals surface area contributed by atoms with Crippen molar-refractivity contribution in [1.82, 2.24) is 30.2 Å². The van der Waals surface area contributed by atoms with E-state index in [2.05, 4.69) is 25.6 Å². The van der Waals surface area contributed by atoms with Crippen molar-refractivity contribution in [2.75, 3.05) is 6.61 Å². The summed E-state index contributed by atoms with van der Waals surface area (Å²) in [5.41, 5.74) is 0.794. The van der Waals surface area contributed by atoms with Crippen LogP contribution in [0.15, 0.2) is 66.6 Å². The van der Waals surface area contributed by atoms with Crippen molar-refractivity contribution in [3.05, 3.63) is 77.8 Å². The van der Waals surface area contributed by atoms with E-state index in [1.54, 1.807) is 13.0 Å². The molecule has 5 rings (SSSR count). The fraction of sp³-hybridized carbons (Fsp3) is 0.125. The number of hydrogen-bond acceptors (Lipinski definition) is 6. The molecule has 3 aromatic carbocycles. The van der Waals surface area contributed by atoms with Gasteiger partial charge in [-0.15, -0.1) is 10.2 Å². The normalized spacial score (nSPS) is 14.1. The predicted octanol–water partition coefficient (Wildman–Crippen LogP) is 4.03. The van der Waals surface area contributed by atoms with E-state index in [1.165, 1.54) is 36.4 Å². The molecule has 33 heavy (non-hydrogen) atoms. The topological polar surface area (TPSA) is 119 Å². The van der Waals surface area contributed by atoms with Crippen LogP contribution >= 0.6 is 0 Å². The Morgan fingerprint density at radius 1 is 1.18 bits per heavy atom. The molecule has 0 aliphatic heterocycles. The number of aromatic carboxylic acids is 1. The zero-order chi connectivity index (χ0) is 28.1. The molecule has 0 amide bonds. The molecule has 9 nitrogen and oxygen atoms in total. The number of carbonyl (C=O) groups is 1. The monoisotopic (exact) mass is 446 g/mol. The summed E-state index contributed by atoms with van der Waals surface area (Å²) in [7, 11) is 0. The van der Waals surface area contributed by atoms with Crippen molar-refractivity contribution in [2.24, 2.45) is 0 Å². The summed E-state index contributed by atoms with van der Waals surface area (Å²) < 4.78 is 57.7. The number of aromatic amines is 1. The van der Waals surface area contributed by atoms with Crippen LogP contribution in [0.3, 0.4) is 0 Å². The summed E-state index contributed by atoms with van der Waals surface area (Å²) in [5, 5.41) is 23.3. The second-order valence-corrected chi connectivity index (χ2v) is 6.82. The van der Waals surface area contributed by atoms with Gasteiger partial charge in [-0.25, -0.2) is 4.79 Å². The number of hydrogen-bond donors (Lipinski definition) is 2. The molecule has 0 aliphatic carbocycles. The summed E-state index contributed by atoms with van der Waals surface area (Å²) in [6.45, 7) is -0.451. The van der Waals surface area contributed by atoms with Gasteiger partial charge in [0, 0.05) is 5.56 Å². The highest BCUT2D eigenvalue weighted by molar-refractivity contribution is 6.01. The smallest absolute Gasteiger partial charge is 0.337 e. The maximum absolute atomic E-state index is 12.0. The first-order valence-electron chi connectivity index (χ1n) is 12.9. The standard InChI is InChI=1S/C24H20N6O3/c1-2-33-24-25-20-9-5-8-19(23(31)32)21(20)30(24)14-15-10-12-16(13-11-15)17-6-3-4-7-18(17)22-26-28-29-27-22/h3-13H,2,14H2,1H3,(H,31,32)(H,26,27,28,29)/i3D,4D,6D,7D,14D2. The number of benzene rings is 3. The lowest BCUT2D eigenvalue weighted by Crippen LogP contribution is -2.08. The number of ether oxygens (including phenoxy) is 1. The van der Waals surface area contributed by atoms with Crippen molar-refractivity contribution in [3.8, 4) is 28.5 Å². The number of carboxylic acids is 1. The molecule has 0 unspecified atom stereocenters. The van der Waals surface area contributed by atoms with Gasteiger partial charge in [-0.05, 0) is 41.0 Å². The van der Waals surface area contributed by atoms with Crippen LogP contribution in [-0.4, -0.2) is 47.9 Å². The van der Waals surface area contributed by atoms with Gasteiger partial charge in [0.25, 0.3) is 6.01 Å². The van der Waals surface area contributed by atoms with Crippen LogP contribution in [-0.2, 0) is 6.50 Å². The molecule has 0 radical (unpaired) electrons. The number of aromatic nitrogens is 6. The minimum atomic E-state index is -2.32. The zero-order valence-electron chi connectivity index (χ0n) is 23.2. The third-order valence-electron chi connectivity index (χ3n) is 4.82. The van der Waals surface area contributed by atoms with Gasteiger partial charge in [-0.1, -0.05) is 54.5 Å². The molecule has 0 spiro atoms. The fourth-order valence-corrected chi connectivity index (χ4v) is 3.41. The Bertz CT molecular complexity index is 1720. The minimum absolute atomic E-state index is 0.0242. The molecule has 9 heteroatoms. The van der Waals surface area contributed by atoms with Crippen molar-refractivity contribution in [3.63, 3.8) is 0 Å². The number of para-hydroxylation sites is 1. The lowest BCUT2D eigenvalue weighted by molar-refractivity contribution is 0.0698. The maximum Gasteiger partial charge on any atom is 0.337 e. The zero-order valence-corrected chi connectivity index (χ0v) is 17.2. The van der Waals surface area contributed by atoms with Crippen molar-refractivity contribution in [2.45, 2.75) is 13.4 Å². The van der Waals surface area contributed by atoms with Crippen molar-refractivity contribution >= 4 is 17.0 Å². The highest BCUT2D eigenvalue weighted by Crippen LogP contribution is 2.31. The highest BCUT2D eigenvalue weighted by atomic mass is 16.5. The van der Waals surface area contributed by atoms with E-state index >= 15 is 0 Å². The highest BCUT2D eigenvalue weighted by Gasteiger charge is 2.19. The molecule has 0 saturated carbocycles. The van der Waals surface area contributed by atoms with E-state index in [0.717, 1.165) is 4.57 Å². The Hall–Kier alpha value is -4.53. The number of nitrogens with zero attached hydrogens (tertiary/aromatic N) is 5. The summed E-state index contributed by atoms with van der Waals surface area (Å²) in [5.74, 6) is -1.27. The molecule has 5 aromatic rings. The van der Waals surface area contributed by atoms with Crippen LogP contribution in [0.1, 0.15) is 31.1 Å². The Labute approximate surface area is 197 Å². The SMILES string of the molecule is [2H]c1c([2H])c([2H])c(-c2nn[nH]n2)c(-c2ccc(C([2H])([2H])n3c(OCC)nc4cccc(C(=O)O)c43)cc2)c1[2H]. The van der Waals surface area contributed by atoms with Crippen molar-refractivity contribution < 1.29 is 22.9 Å². The van der Waals surface area contributed by atoms with E-state index < -0.39 is 24.6 Å². The van der Waals surface area contributed by atoms with E-state index in [1.807, 2.05) is 0 Å². The molecule has 0 aliphatic rings. The molecule has 2 heterocycles. The first-order chi connectivity index (χ1) is 18.6. The number of carboxylic acid groups (broad SMARTS) is 1. The Kier molecular flexibility index (Phi) is 3.76. The average molecular weight is 446 g/mol. The van der Waals surface area contributed by atoms with Crippen LogP contribution in [0.4, 0.5) is 0 Å². The fourth-order valence-electron chi connectivity index (χ4n) is 3.41. The summed E-state index contributed by atoms with van der Waals surface area (Å²) >= 11 is 0. The molecule has 2 N–H and O–H groups in total. The van der Waals surface area contributed by atoms with E-state index in [-0.39, 0.29) is 63.8 Å². The second kappa shape index (κ2) is 8.54. The third kappa shape index (κ3) is 3.80. The predicted molar refractivity (Wildman–Crippen MR) is 122 cm³/mol. The van der Waals surface area contributed by atoms with Gasteiger partial charge in [0.2, 0.25) is 5.82 Å². The van der Waals surface area contributed by atoms with Crippen LogP contribution in [0, 0.1) is 0 Å². The molecule has 0 fully saturated rings. The number of nitrogens with one attached hydrogen (secondary N) is 1. The number of imidazole rings is 1. The first-order valence-corrected chi connectivity index (χ1v) is 9.91. The lowest BCUT2D eigenvalue weighted by atomic mass is 9.98. The van der Waals surface area contributed by atoms with Gasteiger partial charge in [0.15, 0.2) is 0 Å².